The number of hydrogen-bond acceptors (Lipinski definition) is 4. The second-order valence-corrected chi connectivity index (χ2v) is 6.56. The number of amides is 2. The average molecular weight is 381 g/mol. The number of pyridine rings is 1. The molecule has 0 radical (unpaired) electrons. The average Bonchev–Trinajstić information content (AvgIpc) is 3.08. The summed E-state index contributed by atoms with van der Waals surface area (Å²) >= 11 is 0. The smallest absolute Gasteiger partial charge is 0.323 e. The molecule has 3 aromatic rings. The molecule has 0 saturated heterocycles. The molecule has 0 spiro atoms. The number of ether oxygens (including phenoxy) is 1. The van der Waals surface area contributed by atoms with E-state index in [1.807, 2.05) is 61.7 Å². The third kappa shape index (κ3) is 3.93. The summed E-state index contributed by atoms with van der Waals surface area (Å²) in [7, 11) is 1.62. The van der Waals surface area contributed by atoms with Crippen LogP contribution in [0.1, 0.15) is 50.4 Å². The molecule has 0 bridgehead atoms. The normalized spacial score (nSPS) is 13.3. The lowest BCUT2D eigenvalue weighted by Crippen LogP contribution is -2.20. The highest BCUT2D eigenvalue weighted by molar-refractivity contribution is 6.02. The summed E-state index contributed by atoms with van der Waals surface area (Å²) in [4.78, 5) is 12.4. The number of aromatic nitrogens is 3. The van der Waals surface area contributed by atoms with Crippen molar-refractivity contribution in [3.05, 3.63) is 47.9 Å². The minimum absolute atomic E-state index is 0.320. The predicted molar refractivity (Wildman–Crippen MR) is 111 cm³/mol. The quantitative estimate of drug-likeness (QED) is 0.667. The van der Waals surface area contributed by atoms with Gasteiger partial charge in [-0.05, 0) is 55.7 Å². The molecule has 1 aliphatic rings. The Labute approximate surface area is 165 Å². The van der Waals surface area contributed by atoms with E-state index in [0.717, 1.165) is 35.7 Å². The standard InChI is InChI=1S/C19H21N5O2.C2H6/c1-12-11-14(26-2)8-9-15(12)20-19(25)21-16-7-4-10-24-17(13-5-3-6-13)22-23-18(16)24;1-2/h4,7-11,13H,3,5-6H2,1-2H3,(H2,20,21,25);1-2H3. The van der Waals surface area contributed by atoms with E-state index < -0.39 is 0 Å². The van der Waals surface area contributed by atoms with Gasteiger partial charge in [0.1, 0.15) is 11.6 Å². The maximum Gasteiger partial charge on any atom is 0.323 e. The molecule has 148 valence electrons. The largest absolute Gasteiger partial charge is 0.497 e. The molecular weight excluding hydrogens is 354 g/mol. The highest BCUT2D eigenvalue weighted by atomic mass is 16.5. The summed E-state index contributed by atoms with van der Waals surface area (Å²) in [6.07, 6.45) is 5.48. The van der Waals surface area contributed by atoms with Crippen molar-refractivity contribution in [2.45, 2.75) is 46.0 Å². The van der Waals surface area contributed by atoms with Crippen molar-refractivity contribution >= 4 is 23.1 Å². The molecular formula is C21H27N5O2. The first-order valence-corrected chi connectivity index (χ1v) is 9.72. The molecule has 1 aromatic carbocycles. The van der Waals surface area contributed by atoms with Gasteiger partial charge >= 0.3 is 6.03 Å². The summed E-state index contributed by atoms with van der Waals surface area (Å²) in [5.74, 6) is 2.20. The Morgan fingerprint density at radius 1 is 1.14 bits per heavy atom. The van der Waals surface area contributed by atoms with Crippen LogP contribution in [0.4, 0.5) is 16.2 Å². The molecule has 1 saturated carbocycles. The Morgan fingerprint density at radius 2 is 1.89 bits per heavy atom. The highest BCUT2D eigenvalue weighted by Gasteiger charge is 2.25. The van der Waals surface area contributed by atoms with E-state index in [4.69, 9.17) is 4.74 Å². The van der Waals surface area contributed by atoms with Gasteiger partial charge in [-0.15, -0.1) is 10.2 Å². The molecule has 28 heavy (non-hydrogen) atoms. The van der Waals surface area contributed by atoms with Gasteiger partial charge in [-0.25, -0.2) is 4.79 Å². The molecule has 2 aromatic heterocycles. The van der Waals surface area contributed by atoms with Crippen LogP contribution in [0.25, 0.3) is 5.65 Å². The van der Waals surface area contributed by atoms with E-state index >= 15 is 0 Å². The van der Waals surface area contributed by atoms with Gasteiger partial charge in [-0.1, -0.05) is 20.3 Å². The van der Waals surface area contributed by atoms with Gasteiger partial charge in [-0.3, -0.25) is 4.40 Å². The molecule has 0 aliphatic heterocycles. The molecule has 2 heterocycles. The molecule has 2 N–H and O–H groups in total. The number of hydrogen-bond donors (Lipinski definition) is 2. The zero-order valence-corrected chi connectivity index (χ0v) is 16.8. The lowest BCUT2D eigenvalue weighted by Gasteiger charge is -2.23. The number of aryl methyl sites for hydroxylation is 1. The van der Waals surface area contributed by atoms with Crippen LogP contribution in [0, 0.1) is 6.92 Å². The Morgan fingerprint density at radius 3 is 2.54 bits per heavy atom. The van der Waals surface area contributed by atoms with Gasteiger partial charge in [0.25, 0.3) is 0 Å². The van der Waals surface area contributed by atoms with E-state index in [9.17, 15) is 4.79 Å². The van der Waals surface area contributed by atoms with Crippen LogP contribution in [-0.4, -0.2) is 27.7 Å². The van der Waals surface area contributed by atoms with Crippen LogP contribution in [-0.2, 0) is 0 Å². The Hall–Kier alpha value is -3.09. The number of fused-ring (bicyclic) bond motifs is 1. The Balaban J connectivity index is 0.00000109. The summed E-state index contributed by atoms with van der Waals surface area (Å²) in [5.41, 5.74) is 2.95. The van der Waals surface area contributed by atoms with Gasteiger partial charge in [0, 0.05) is 17.8 Å². The molecule has 0 unspecified atom stereocenters. The van der Waals surface area contributed by atoms with E-state index in [-0.39, 0.29) is 6.03 Å². The van der Waals surface area contributed by atoms with Gasteiger partial charge in [0.15, 0.2) is 5.65 Å². The van der Waals surface area contributed by atoms with Crippen LogP contribution in [0.3, 0.4) is 0 Å². The van der Waals surface area contributed by atoms with Crippen LogP contribution in [0.15, 0.2) is 36.5 Å². The van der Waals surface area contributed by atoms with Crippen molar-refractivity contribution in [1.82, 2.24) is 14.6 Å². The van der Waals surface area contributed by atoms with Crippen molar-refractivity contribution in [3.8, 4) is 5.75 Å². The van der Waals surface area contributed by atoms with E-state index in [0.29, 0.717) is 17.3 Å². The van der Waals surface area contributed by atoms with Gasteiger partial charge in [-0.2, -0.15) is 0 Å². The highest BCUT2D eigenvalue weighted by Crippen LogP contribution is 2.35. The second-order valence-electron chi connectivity index (χ2n) is 6.56. The fourth-order valence-electron chi connectivity index (χ4n) is 3.16. The minimum Gasteiger partial charge on any atom is -0.497 e. The van der Waals surface area contributed by atoms with Crippen LogP contribution in [0.5, 0.6) is 5.75 Å². The number of anilines is 2. The third-order valence-electron chi connectivity index (χ3n) is 4.86. The first-order valence-electron chi connectivity index (χ1n) is 9.72. The second kappa shape index (κ2) is 8.73. The molecule has 7 heteroatoms. The van der Waals surface area contributed by atoms with Crippen molar-refractivity contribution in [1.29, 1.82) is 0 Å². The molecule has 2 amide bonds. The fourth-order valence-corrected chi connectivity index (χ4v) is 3.16. The van der Waals surface area contributed by atoms with Gasteiger partial charge in [0.05, 0.1) is 12.8 Å². The predicted octanol–water partition coefficient (Wildman–Crippen LogP) is 4.98. The molecule has 0 atom stereocenters. The lowest BCUT2D eigenvalue weighted by atomic mass is 9.85. The number of nitrogens with zero attached hydrogens (tertiary/aromatic N) is 3. The molecule has 7 nitrogen and oxygen atoms in total. The van der Waals surface area contributed by atoms with Gasteiger partial charge in [0.2, 0.25) is 0 Å². The maximum absolute atomic E-state index is 12.4. The SMILES string of the molecule is CC.COc1ccc(NC(=O)Nc2cccn3c(C4CCC4)nnc23)c(C)c1. The Kier molecular flexibility index (Phi) is 6.13. The number of carbonyl (C=O) groups excluding carboxylic acids is 1. The van der Waals surface area contributed by atoms with Crippen molar-refractivity contribution < 1.29 is 9.53 Å². The number of carbonyl (C=O) groups is 1. The number of nitrogens with one attached hydrogen (secondary N) is 2. The zero-order valence-electron chi connectivity index (χ0n) is 16.8. The van der Waals surface area contributed by atoms with Crippen molar-refractivity contribution in [2.24, 2.45) is 0 Å². The number of methoxy groups -OCH3 is 1. The zero-order chi connectivity index (χ0) is 20.1. The topological polar surface area (TPSA) is 80.5 Å². The lowest BCUT2D eigenvalue weighted by molar-refractivity contribution is 0.262. The number of rotatable bonds is 4. The third-order valence-corrected chi connectivity index (χ3v) is 4.86. The van der Waals surface area contributed by atoms with E-state index in [1.54, 1.807) is 7.11 Å². The molecule has 1 aliphatic carbocycles. The molecule has 1 fully saturated rings. The number of benzene rings is 1. The summed E-state index contributed by atoms with van der Waals surface area (Å²) < 4.78 is 7.16. The summed E-state index contributed by atoms with van der Waals surface area (Å²) in [6.45, 7) is 5.92. The summed E-state index contributed by atoms with van der Waals surface area (Å²) in [5, 5.41) is 14.3. The monoisotopic (exact) mass is 381 g/mol. The van der Waals surface area contributed by atoms with Crippen LogP contribution >= 0.6 is 0 Å². The fraction of sp³-hybridized carbons (Fsp3) is 0.381. The van der Waals surface area contributed by atoms with Crippen molar-refractivity contribution in [3.63, 3.8) is 0 Å². The first kappa shape index (κ1) is 19.7. The van der Waals surface area contributed by atoms with Crippen molar-refractivity contribution in [2.75, 3.05) is 17.7 Å². The van der Waals surface area contributed by atoms with Crippen LogP contribution < -0.4 is 15.4 Å². The van der Waals surface area contributed by atoms with E-state index in [2.05, 4.69) is 20.8 Å². The van der Waals surface area contributed by atoms with Gasteiger partial charge < -0.3 is 15.4 Å². The summed E-state index contributed by atoms with van der Waals surface area (Å²) in [6, 6.07) is 8.91. The number of urea groups is 1. The molecule has 4 rings (SSSR count). The first-order chi connectivity index (χ1) is 13.7. The van der Waals surface area contributed by atoms with Crippen LogP contribution in [0.2, 0.25) is 0 Å². The Bertz CT molecular complexity index is 963. The minimum atomic E-state index is -0.320. The maximum atomic E-state index is 12.4. The van der Waals surface area contributed by atoms with E-state index in [1.165, 1.54) is 6.42 Å².